The van der Waals surface area contributed by atoms with Crippen LogP contribution in [0.15, 0.2) is 71.8 Å². The molecule has 0 amide bonds. The number of aryl methyl sites for hydroxylation is 3. The van der Waals surface area contributed by atoms with Crippen molar-refractivity contribution in [2.24, 2.45) is 0 Å². The van der Waals surface area contributed by atoms with E-state index in [2.05, 4.69) is 22.1 Å². The fourth-order valence-corrected chi connectivity index (χ4v) is 4.63. The molecule has 5 rings (SSSR count). The predicted molar refractivity (Wildman–Crippen MR) is 117 cm³/mol. The molecule has 0 aliphatic carbocycles. The van der Waals surface area contributed by atoms with E-state index < -0.39 is 0 Å². The van der Waals surface area contributed by atoms with Gasteiger partial charge in [0.05, 0.1) is 22.9 Å². The van der Waals surface area contributed by atoms with Crippen molar-refractivity contribution in [2.45, 2.75) is 19.9 Å². The molecule has 0 aliphatic heterocycles. The first-order valence-electron chi connectivity index (χ1n) is 9.46. The Morgan fingerprint density at radius 1 is 0.966 bits per heavy atom. The predicted octanol–water partition coefficient (Wildman–Crippen LogP) is 4.62. The van der Waals surface area contributed by atoms with Crippen molar-refractivity contribution >= 4 is 31.8 Å². The van der Waals surface area contributed by atoms with E-state index in [4.69, 9.17) is 4.98 Å². The van der Waals surface area contributed by atoms with E-state index in [1.807, 2.05) is 55.5 Å². The summed E-state index contributed by atoms with van der Waals surface area (Å²) in [5, 5.41) is 0.872. The zero-order valence-electron chi connectivity index (χ0n) is 15.9. The highest BCUT2D eigenvalue weighted by Gasteiger charge is 2.17. The maximum absolute atomic E-state index is 13.1. The van der Waals surface area contributed by atoms with Gasteiger partial charge in [-0.25, -0.2) is 15.0 Å². The van der Waals surface area contributed by atoms with Crippen molar-refractivity contribution in [3.8, 4) is 11.4 Å². The number of hydrogen-bond acceptors (Lipinski definition) is 5. The van der Waals surface area contributed by atoms with Crippen LogP contribution in [0.4, 0.5) is 0 Å². The summed E-state index contributed by atoms with van der Waals surface area (Å²) >= 11 is 1.40. The normalized spacial score (nSPS) is 11.3. The van der Waals surface area contributed by atoms with Crippen molar-refractivity contribution < 1.29 is 0 Å². The maximum Gasteiger partial charge on any atom is 0.271 e. The van der Waals surface area contributed by atoms with E-state index in [1.54, 1.807) is 10.9 Å². The van der Waals surface area contributed by atoms with Gasteiger partial charge in [-0.3, -0.25) is 9.36 Å². The molecule has 0 aliphatic rings. The van der Waals surface area contributed by atoms with Crippen LogP contribution in [0.2, 0.25) is 0 Å². The lowest BCUT2D eigenvalue weighted by atomic mass is 10.1. The van der Waals surface area contributed by atoms with E-state index in [0.717, 1.165) is 27.9 Å². The van der Waals surface area contributed by atoms with Gasteiger partial charge in [-0.1, -0.05) is 60.7 Å². The zero-order valence-corrected chi connectivity index (χ0v) is 16.7. The van der Waals surface area contributed by atoms with Crippen molar-refractivity contribution in [2.75, 3.05) is 0 Å². The smallest absolute Gasteiger partial charge is 0.271 e. The molecule has 0 bridgehead atoms. The van der Waals surface area contributed by atoms with Crippen LogP contribution in [-0.2, 0) is 13.0 Å². The molecular weight excluding hydrogens is 380 g/mol. The molecule has 0 radical (unpaired) electrons. The molecule has 3 heterocycles. The van der Waals surface area contributed by atoms with Gasteiger partial charge < -0.3 is 0 Å². The molecule has 0 atom stereocenters. The molecule has 0 N–H and O–H groups in total. The van der Waals surface area contributed by atoms with E-state index in [9.17, 15) is 4.79 Å². The largest absolute Gasteiger partial charge is 0.298 e. The quantitative estimate of drug-likeness (QED) is 0.443. The lowest BCUT2D eigenvalue weighted by Gasteiger charge is -2.05. The maximum atomic E-state index is 13.1. The number of nitrogens with zero attached hydrogens (tertiary/aromatic N) is 4. The second kappa shape index (κ2) is 7.22. The minimum absolute atomic E-state index is 0.0189. The van der Waals surface area contributed by atoms with Gasteiger partial charge in [-0.15, -0.1) is 11.3 Å². The number of thiophene rings is 1. The summed E-state index contributed by atoms with van der Waals surface area (Å²) in [6, 6.07) is 20.0. The fourth-order valence-electron chi connectivity index (χ4n) is 3.50. The Morgan fingerprint density at radius 3 is 2.45 bits per heavy atom. The van der Waals surface area contributed by atoms with Crippen molar-refractivity contribution in [1.29, 1.82) is 0 Å². The molecule has 0 spiro atoms. The Kier molecular flexibility index (Phi) is 4.41. The van der Waals surface area contributed by atoms with Gasteiger partial charge in [0.2, 0.25) is 0 Å². The van der Waals surface area contributed by atoms with Crippen molar-refractivity contribution in [3.63, 3.8) is 0 Å². The third-order valence-corrected chi connectivity index (χ3v) is 6.07. The number of fused-ring (bicyclic) bond motifs is 3. The van der Waals surface area contributed by atoms with Crippen molar-refractivity contribution in [1.82, 2.24) is 19.5 Å². The summed E-state index contributed by atoms with van der Waals surface area (Å²) in [4.78, 5) is 27.9. The van der Waals surface area contributed by atoms with Crippen molar-refractivity contribution in [3.05, 3.63) is 88.6 Å². The number of hydrogen-bond donors (Lipinski definition) is 0. The SMILES string of the molecule is Cc1nc(-c2ccccc2)nc2sc3c(=O)n(CCc4ccccc4)cnc3c12. The minimum atomic E-state index is -0.0189. The summed E-state index contributed by atoms with van der Waals surface area (Å²) in [5.74, 6) is 0.673. The van der Waals surface area contributed by atoms with Crippen LogP contribution in [-0.4, -0.2) is 19.5 Å². The first-order chi connectivity index (χ1) is 14.2. The molecule has 0 saturated carbocycles. The third kappa shape index (κ3) is 3.21. The van der Waals surface area contributed by atoms with Crippen LogP contribution in [0.1, 0.15) is 11.3 Å². The summed E-state index contributed by atoms with van der Waals surface area (Å²) < 4.78 is 2.32. The molecule has 5 aromatic rings. The van der Waals surface area contributed by atoms with Crippen LogP contribution >= 0.6 is 11.3 Å². The van der Waals surface area contributed by atoms with Crippen LogP contribution in [0.25, 0.3) is 31.8 Å². The first kappa shape index (κ1) is 17.7. The number of rotatable bonds is 4. The second-order valence-corrected chi connectivity index (χ2v) is 7.94. The average Bonchev–Trinajstić information content (AvgIpc) is 3.15. The fraction of sp³-hybridized carbons (Fsp3) is 0.130. The summed E-state index contributed by atoms with van der Waals surface area (Å²) in [5.41, 5.74) is 3.68. The molecule has 3 aromatic heterocycles. The summed E-state index contributed by atoms with van der Waals surface area (Å²) in [6.45, 7) is 2.55. The molecule has 2 aromatic carbocycles. The molecule has 142 valence electrons. The van der Waals surface area contributed by atoms with Gasteiger partial charge in [0.15, 0.2) is 5.82 Å². The Balaban J connectivity index is 1.59. The number of benzene rings is 2. The van der Waals surface area contributed by atoms with Crippen LogP contribution in [0.3, 0.4) is 0 Å². The molecular formula is C23H18N4OS. The molecule has 0 saturated heterocycles. The highest BCUT2D eigenvalue weighted by atomic mass is 32.1. The Bertz CT molecular complexity index is 1370. The third-order valence-electron chi connectivity index (χ3n) is 5.00. The van der Waals surface area contributed by atoms with Gasteiger partial charge in [0, 0.05) is 12.1 Å². The average molecular weight is 398 g/mol. The molecule has 6 heteroatoms. The monoisotopic (exact) mass is 398 g/mol. The second-order valence-electron chi connectivity index (χ2n) is 6.94. The highest BCUT2D eigenvalue weighted by molar-refractivity contribution is 7.25. The van der Waals surface area contributed by atoms with Gasteiger partial charge >= 0.3 is 0 Å². The Labute approximate surface area is 171 Å². The van der Waals surface area contributed by atoms with E-state index in [0.29, 0.717) is 22.6 Å². The minimum Gasteiger partial charge on any atom is -0.298 e. The zero-order chi connectivity index (χ0) is 19.8. The van der Waals surface area contributed by atoms with E-state index in [-0.39, 0.29) is 5.56 Å². The Morgan fingerprint density at radius 2 is 1.69 bits per heavy atom. The summed E-state index contributed by atoms with van der Waals surface area (Å²) in [6.07, 6.45) is 2.43. The van der Waals surface area contributed by atoms with Crippen LogP contribution in [0, 0.1) is 6.92 Å². The van der Waals surface area contributed by atoms with Gasteiger partial charge in [-0.05, 0) is 18.9 Å². The van der Waals surface area contributed by atoms with Gasteiger partial charge in [0.1, 0.15) is 9.53 Å². The Hall–Kier alpha value is -3.38. The van der Waals surface area contributed by atoms with Gasteiger partial charge in [0.25, 0.3) is 5.56 Å². The summed E-state index contributed by atoms with van der Waals surface area (Å²) in [7, 11) is 0. The van der Waals surface area contributed by atoms with Crippen LogP contribution in [0.5, 0.6) is 0 Å². The van der Waals surface area contributed by atoms with E-state index >= 15 is 0 Å². The highest BCUT2D eigenvalue weighted by Crippen LogP contribution is 2.32. The van der Waals surface area contributed by atoms with Crippen LogP contribution < -0.4 is 5.56 Å². The lowest BCUT2D eigenvalue weighted by molar-refractivity contribution is 0.663. The molecule has 0 fully saturated rings. The van der Waals surface area contributed by atoms with Gasteiger partial charge in [-0.2, -0.15) is 0 Å². The lowest BCUT2D eigenvalue weighted by Crippen LogP contribution is -2.20. The molecule has 5 nitrogen and oxygen atoms in total. The van der Waals surface area contributed by atoms with E-state index in [1.165, 1.54) is 16.9 Å². The number of aromatic nitrogens is 4. The topological polar surface area (TPSA) is 60.7 Å². The first-order valence-corrected chi connectivity index (χ1v) is 10.3. The standard InChI is InChI=1S/C23H18N4OS/c1-15-18-19-20(29-22(18)26-21(25-15)17-10-6-3-7-11-17)23(28)27(14-24-19)13-12-16-8-4-2-5-9-16/h2-11,14H,12-13H2,1H3. The molecule has 29 heavy (non-hydrogen) atoms. The molecule has 0 unspecified atom stereocenters.